The number of carbonyl (C=O) groups is 1. The van der Waals surface area contributed by atoms with Gasteiger partial charge in [-0.1, -0.05) is 0 Å². The molecule has 0 aliphatic carbocycles. The predicted molar refractivity (Wildman–Crippen MR) is 114 cm³/mol. The van der Waals surface area contributed by atoms with Crippen molar-refractivity contribution < 1.29 is 4.79 Å². The molecule has 0 unspecified atom stereocenters. The van der Waals surface area contributed by atoms with Gasteiger partial charge in [-0.3, -0.25) is 9.79 Å². The molecule has 0 atom stereocenters. The van der Waals surface area contributed by atoms with Crippen LogP contribution in [0.1, 0.15) is 26.1 Å². The standard InChI is InChI=1S/C15H22N6OS2.HI/c1-10-13(24-9-19-10)14(22)17-5-6-18-15(16-3)21(4)7-12-8-23-11(2)20-12;/h8-9H,5-7H2,1-4H3,(H,16,18)(H,17,22);1H. The van der Waals surface area contributed by atoms with E-state index in [9.17, 15) is 4.79 Å². The smallest absolute Gasteiger partial charge is 0.263 e. The van der Waals surface area contributed by atoms with Crippen LogP contribution >= 0.6 is 46.7 Å². The lowest BCUT2D eigenvalue weighted by Crippen LogP contribution is -2.42. The van der Waals surface area contributed by atoms with Crippen molar-refractivity contribution >= 4 is 58.5 Å². The van der Waals surface area contributed by atoms with Crippen molar-refractivity contribution in [2.45, 2.75) is 20.4 Å². The summed E-state index contributed by atoms with van der Waals surface area (Å²) in [5, 5.41) is 9.23. The van der Waals surface area contributed by atoms with Gasteiger partial charge in [0, 0.05) is 32.6 Å². The zero-order valence-corrected chi connectivity index (χ0v) is 18.7. The molecule has 0 fully saturated rings. The highest BCUT2D eigenvalue weighted by atomic mass is 127. The van der Waals surface area contributed by atoms with Crippen LogP contribution in [0, 0.1) is 13.8 Å². The summed E-state index contributed by atoms with van der Waals surface area (Å²) in [4.78, 5) is 27.5. The first-order chi connectivity index (χ1) is 11.5. The molecular formula is C15H23IN6OS2. The number of amides is 1. The quantitative estimate of drug-likeness (QED) is 0.279. The number of carbonyl (C=O) groups excluding carboxylic acids is 1. The number of aromatic nitrogens is 2. The molecule has 2 rings (SSSR count). The third-order valence-electron chi connectivity index (χ3n) is 3.28. The van der Waals surface area contributed by atoms with E-state index >= 15 is 0 Å². The van der Waals surface area contributed by atoms with Gasteiger partial charge in [-0.2, -0.15) is 0 Å². The number of hydrogen-bond donors (Lipinski definition) is 2. The summed E-state index contributed by atoms with van der Waals surface area (Å²) in [6.07, 6.45) is 0. The molecule has 0 aromatic carbocycles. The van der Waals surface area contributed by atoms with Gasteiger partial charge in [0.25, 0.3) is 5.91 Å². The van der Waals surface area contributed by atoms with E-state index in [2.05, 4.69) is 31.0 Å². The topological polar surface area (TPSA) is 82.5 Å². The lowest BCUT2D eigenvalue weighted by molar-refractivity contribution is 0.0957. The number of nitrogens with zero attached hydrogens (tertiary/aromatic N) is 4. The minimum absolute atomic E-state index is 0. The lowest BCUT2D eigenvalue weighted by Gasteiger charge is -2.21. The molecule has 0 saturated heterocycles. The van der Waals surface area contributed by atoms with Crippen LogP contribution in [0.25, 0.3) is 0 Å². The second kappa shape index (κ2) is 10.7. The number of guanidine groups is 1. The number of aliphatic imine (C=N–C) groups is 1. The zero-order valence-electron chi connectivity index (χ0n) is 14.7. The van der Waals surface area contributed by atoms with Gasteiger partial charge in [-0.05, 0) is 13.8 Å². The lowest BCUT2D eigenvalue weighted by atomic mass is 10.4. The Labute approximate surface area is 173 Å². The Morgan fingerprint density at radius 2 is 2.00 bits per heavy atom. The van der Waals surface area contributed by atoms with E-state index in [1.165, 1.54) is 11.3 Å². The van der Waals surface area contributed by atoms with Crippen molar-refractivity contribution in [2.24, 2.45) is 4.99 Å². The predicted octanol–water partition coefficient (Wildman–Crippen LogP) is 2.27. The molecule has 0 aliphatic heterocycles. The van der Waals surface area contributed by atoms with Crippen molar-refractivity contribution in [2.75, 3.05) is 27.2 Å². The summed E-state index contributed by atoms with van der Waals surface area (Å²) in [7, 11) is 3.70. The Morgan fingerprint density at radius 1 is 1.28 bits per heavy atom. The monoisotopic (exact) mass is 494 g/mol. The molecule has 25 heavy (non-hydrogen) atoms. The van der Waals surface area contributed by atoms with Gasteiger partial charge in [-0.25, -0.2) is 9.97 Å². The van der Waals surface area contributed by atoms with Gasteiger partial charge < -0.3 is 15.5 Å². The van der Waals surface area contributed by atoms with Gasteiger partial charge in [0.15, 0.2) is 5.96 Å². The van der Waals surface area contributed by atoms with Crippen molar-refractivity contribution in [1.82, 2.24) is 25.5 Å². The first-order valence-electron chi connectivity index (χ1n) is 7.52. The van der Waals surface area contributed by atoms with E-state index in [4.69, 9.17) is 0 Å². The van der Waals surface area contributed by atoms with E-state index < -0.39 is 0 Å². The third kappa shape index (κ3) is 6.51. The molecule has 2 N–H and O–H groups in total. The Hall–Kier alpha value is -1.27. The van der Waals surface area contributed by atoms with Crippen molar-refractivity contribution in [3.63, 3.8) is 0 Å². The molecule has 7 nitrogen and oxygen atoms in total. The van der Waals surface area contributed by atoms with E-state index in [0.29, 0.717) is 24.5 Å². The van der Waals surface area contributed by atoms with Gasteiger partial charge in [0.2, 0.25) is 0 Å². The number of halogens is 1. The van der Waals surface area contributed by atoms with E-state index in [0.717, 1.165) is 22.4 Å². The second-order valence-electron chi connectivity index (χ2n) is 5.21. The Balaban J connectivity index is 0.00000312. The van der Waals surface area contributed by atoms with Gasteiger partial charge >= 0.3 is 0 Å². The third-order valence-corrected chi connectivity index (χ3v) is 5.03. The molecule has 0 saturated carbocycles. The minimum Gasteiger partial charge on any atom is -0.354 e. The number of nitrogens with one attached hydrogen (secondary N) is 2. The average molecular weight is 494 g/mol. The fraction of sp³-hybridized carbons (Fsp3) is 0.467. The van der Waals surface area contributed by atoms with Crippen LogP contribution in [0.4, 0.5) is 0 Å². The van der Waals surface area contributed by atoms with Crippen molar-refractivity contribution in [3.8, 4) is 0 Å². The zero-order chi connectivity index (χ0) is 17.5. The Kier molecular flexibility index (Phi) is 9.28. The first-order valence-corrected chi connectivity index (χ1v) is 9.28. The summed E-state index contributed by atoms with van der Waals surface area (Å²) >= 11 is 2.99. The number of thiazole rings is 2. The highest BCUT2D eigenvalue weighted by Gasteiger charge is 2.11. The summed E-state index contributed by atoms with van der Waals surface area (Å²) in [5.41, 5.74) is 3.47. The number of rotatable bonds is 6. The van der Waals surface area contributed by atoms with Crippen molar-refractivity contribution in [1.29, 1.82) is 0 Å². The summed E-state index contributed by atoms with van der Waals surface area (Å²) in [6, 6.07) is 0. The van der Waals surface area contributed by atoms with E-state index in [1.54, 1.807) is 23.9 Å². The van der Waals surface area contributed by atoms with Crippen LogP contribution in [-0.2, 0) is 6.54 Å². The molecular weight excluding hydrogens is 471 g/mol. The summed E-state index contributed by atoms with van der Waals surface area (Å²) < 4.78 is 0. The summed E-state index contributed by atoms with van der Waals surface area (Å²) in [5.74, 6) is 0.682. The first kappa shape index (κ1) is 21.8. The molecule has 10 heteroatoms. The van der Waals surface area contributed by atoms with Gasteiger partial charge in [0.1, 0.15) is 4.88 Å². The number of aryl methyl sites for hydroxylation is 2. The molecule has 2 aromatic rings. The van der Waals surface area contributed by atoms with Crippen LogP contribution < -0.4 is 10.6 Å². The molecule has 0 radical (unpaired) electrons. The van der Waals surface area contributed by atoms with Crippen LogP contribution in [0.2, 0.25) is 0 Å². The van der Waals surface area contributed by atoms with Gasteiger partial charge in [-0.15, -0.1) is 46.7 Å². The second-order valence-corrected chi connectivity index (χ2v) is 7.13. The maximum absolute atomic E-state index is 12.0. The number of hydrogen-bond acceptors (Lipinski definition) is 6. The van der Waals surface area contributed by atoms with Crippen LogP contribution in [0.15, 0.2) is 15.9 Å². The molecule has 2 aromatic heterocycles. The van der Waals surface area contributed by atoms with Crippen LogP contribution in [-0.4, -0.2) is 53.9 Å². The largest absolute Gasteiger partial charge is 0.354 e. The van der Waals surface area contributed by atoms with E-state index in [1.807, 2.05) is 25.8 Å². The Bertz CT molecular complexity index is 714. The minimum atomic E-state index is -0.0851. The maximum Gasteiger partial charge on any atom is 0.263 e. The maximum atomic E-state index is 12.0. The average Bonchev–Trinajstić information content (AvgIpc) is 3.15. The summed E-state index contributed by atoms with van der Waals surface area (Å²) in [6.45, 7) is 5.63. The highest BCUT2D eigenvalue weighted by Crippen LogP contribution is 2.11. The molecule has 0 spiro atoms. The van der Waals surface area contributed by atoms with Crippen LogP contribution in [0.5, 0.6) is 0 Å². The SMILES string of the molecule is CN=C(NCCNC(=O)c1scnc1C)N(C)Cc1csc(C)n1.I. The molecule has 138 valence electrons. The molecule has 0 aliphatic rings. The Morgan fingerprint density at radius 3 is 2.56 bits per heavy atom. The van der Waals surface area contributed by atoms with Gasteiger partial charge in [0.05, 0.1) is 28.5 Å². The molecule has 1 amide bonds. The molecule has 0 bridgehead atoms. The van der Waals surface area contributed by atoms with E-state index in [-0.39, 0.29) is 29.9 Å². The van der Waals surface area contributed by atoms with Crippen LogP contribution in [0.3, 0.4) is 0 Å². The fourth-order valence-electron chi connectivity index (χ4n) is 2.13. The fourth-order valence-corrected chi connectivity index (χ4v) is 3.46. The highest BCUT2D eigenvalue weighted by molar-refractivity contribution is 14.0. The van der Waals surface area contributed by atoms with Crippen molar-refractivity contribution in [3.05, 3.63) is 32.2 Å². The normalized spacial score (nSPS) is 11.0. The molecule has 2 heterocycles.